The smallest absolute Gasteiger partial charge is 0.744 e. The second-order valence-corrected chi connectivity index (χ2v) is 4.34. The molecule has 0 atom stereocenters. The molecule has 78 valence electrons. The predicted octanol–water partition coefficient (Wildman–Crippen LogP) is -1.67. The summed E-state index contributed by atoms with van der Waals surface area (Å²) in [6.45, 7) is 4.43. The van der Waals surface area contributed by atoms with Crippen molar-refractivity contribution in [2.45, 2.75) is 18.7 Å². The molecule has 0 aliphatic heterocycles. The Morgan fingerprint density at radius 3 is 2.47 bits per heavy atom. The minimum absolute atomic E-state index is 0. The summed E-state index contributed by atoms with van der Waals surface area (Å²) in [6.07, 6.45) is 0. The van der Waals surface area contributed by atoms with Gasteiger partial charge in [0.15, 0.2) is 0 Å². The van der Waals surface area contributed by atoms with Gasteiger partial charge in [0.2, 0.25) is 0 Å². The van der Waals surface area contributed by atoms with Crippen LogP contribution >= 0.6 is 0 Å². The molecule has 0 aliphatic rings. The molecule has 0 amide bonds. The minimum Gasteiger partial charge on any atom is -0.744 e. The van der Waals surface area contributed by atoms with Gasteiger partial charge in [0.25, 0.3) is 0 Å². The molecule has 0 fully saturated rings. The third kappa shape index (κ3) is 4.12. The molecule has 1 aromatic carbocycles. The summed E-state index contributed by atoms with van der Waals surface area (Å²) >= 11 is 0. The van der Waals surface area contributed by atoms with Crippen molar-refractivity contribution in [2.24, 2.45) is 0 Å². The first kappa shape index (κ1) is 14.9. The van der Waals surface area contributed by atoms with Crippen molar-refractivity contribution in [3.8, 4) is 0 Å². The number of anilines is 1. The zero-order chi connectivity index (χ0) is 10.8. The standard InChI is InChI=1S/C9H13NO3S.Na/c1-3-10-9-6-8(14(11,12)13)5-4-7(9)2;/h4-6,10H,3H2,1-2H3,(H,11,12,13);/q;+1/p-1. The Balaban J connectivity index is 0.00000196. The van der Waals surface area contributed by atoms with Crippen LogP contribution in [0.4, 0.5) is 5.69 Å². The average Bonchev–Trinajstić information content (AvgIpc) is 2.07. The van der Waals surface area contributed by atoms with Crippen LogP contribution in [0.1, 0.15) is 12.5 Å². The van der Waals surface area contributed by atoms with Gasteiger partial charge in [-0.25, -0.2) is 8.42 Å². The fraction of sp³-hybridized carbons (Fsp3) is 0.333. The van der Waals surface area contributed by atoms with Gasteiger partial charge in [-0.05, 0) is 31.5 Å². The van der Waals surface area contributed by atoms with Crippen LogP contribution in [0.25, 0.3) is 0 Å². The SMILES string of the molecule is CCNc1cc(S(=O)(=O)[O-])ccc1C.[Na+]. The molecule has 0 radical (unpaired) electrons. The Bertz CT molecular complexity index is 431. The molecule has 1 aromatic rings. The Morgan fingerprint density at radius 1 is 1.40 bits per heavy atom. The fourth-order valence-corrected chi connectivity index (χ4v) is 1.63. The van der Waals surface area contributed by atoms with Crippen molar-refractivity contribution >= 4 is 15.8 Å². The Labute approximate surface area is 112 Å². The summed E-state index contributed by atoms with van der Waals surface area (Å²) < 4.78 is 32.2. The molecule has 0 unspecified atom stereocenters. The van der Waals surface area contributed by atoms with Crippen LogP contribution in [-0.2, 0) is 10.1 Å². The summed E-state index contributed by atoms with van der Waals surface area (Å²) in [6, 6.07) is 4.29. The van der Waals surface area contributed by atoms with E-state index in [2.05, 4.69) is 5.32 Å². The third-order valence-corrected chi connectivity index (χ3v) is 2.70. The molecular weight excluding hydrogens is 225 g/mol. The van der Waals surface area contributed by atoms with E-state index < -0.39 is 10.1 Å². The third-order valence-electron chi connectivity index (χ3n) is 1.86. The van der Waals surface area contributed by atoms with Gasteiger partial charge in [-0.2, -0.15) is 0 Å². The van der Waals surface area contributed by atoms with Crippen molar-refractivity contribution in [3.05, 3.63) is 23.8 Å². The van der Waals surface area contributed by atoms with Crippen molar-refractivity contribution in [1.82, 2.24) is 0 Å². The van der Waals surface area contributed by atoms with Gasteiger partial charge in [0.1, 0.15) is 10.1 Å². The monoisotopic (exact) mass is 237 g/mol. The molecule has 0 saturated heterocycles. The molecule has 6 heteroatoms. The summed E-state index contributed by atoms with van der Waals surface area (Å²) in [4.78, 5) is -0.195. The van der Waals surface area contributed by atoms with Gasteiger partial charge in [-0.1, -0.05) is 6.07 Å². The van der Waals surface area contributed by atoms with E-state index in [1.165, 1.54) is 12.1 Å². The second-order valence-electron chi connectivity index (χ2n) is 2.96. The molecule has 4 nitrogen and oxygen atoms in total. The van der Waals surface area contributed by atoms with Crippen molar-refractivity contribution in [1.29, 1.82) is 0 Å². The van der Waals surface area contributed by atoms with E-state index in [-0.39, 0.29) is 34.5 Å². The first-order chi connectivity index (χ1) is 6.45. The summed E-state index contributed by atoms with van der Waals surface area (Å²) in [5.74, 6) is 0. The first-order valence-corrected chi connectivity index (χ1v) is 5.66. The van der Waals surface area contributed by atoms with E-state index >= 15 is 0 Å². The summed E-state index contributed by atoms with van der Waals surface area (Å²) in [5, 5.41) is 2.98. The van der Waals surface area contributed by atoms with Crippen LogP contribution in [-0.4, -0.2) is 19.5 Å². The largest absolute Gasteiger partial charge is 1.00 e. The van der Waals surface area contributed by atoms with Crippen LogP contribution in [0, 0.1) is 6.92 Å². The fourth-order valence-electron chi connectivity index (χ4n) is 1.14. The number of aryl methyl sites for hydroxylation is 1. The number of benzene rings is 1. The summed E-state index contributed by atoms with van der Waals surface area (Å²) in [7, 11) is -4.35. The van der Waals surface area contributed by atoms with E-state index in [0.29, 0.717) is 12.2 Å². The molecule has 0 bridgehead atoms. The van der Waals surface area contributed by atoms with E-state index in [1.807, 2.05) is 13.8 Å². The van der Waals surface area contributed by atoms with Gasteiger partial charge < -0.3 is 9.87 Å². The van der Waals surface area contributed by atoms with Crippen LogP contribution in [0.15, 0.2) is 23.1 Å². The minimum atomic E-state index is -4.35. The molecule has 0 heterocycles. The van der Waals surface area contributed by atoms with E-state index in [1.54, 1.807) is 6.07 Å². The van der Waals surface area contributed by atoms with Gasteiger partial charge in [-0.15, -0.1) is 0 Å². The van der Waals surface area contributed by atoms with E-state index in [4.69, 9.17) is 0 Å². The topological polar surface area (TPSA) is 69.2 Å². The van der Waals surface area contributed by atoms with Crippen molar-refractivity contribution in [2.75, 3.05) is 11.9 Å². The van der Waals surface area contributed by atoms with Gasteiger partial charge in [-0.3, -0.25) is 0 Å². The Morgan fingerprint density at radius 2 is 2.00 bits per heavy atom. The normalized spacial score (nSPS) is 10.6. The molecule has 0 spiro atoms. The number of nitrogens with one attached hydrogen (secondary N) is 1. The summed E-state index contributed by atoms with van der Waals surface area (Å²) in [5.41, 5.74) is 1.60. The molecule has 1 N–H and O–H groups in total. The van der Waals surface area contributed by atoms with E-state index in [0.717, 1.165) is 5.56 Å². The maximum absolute atomic E-state index is 10.7. The first-order valence-electron chi connectivity index (χ1n) is 4.25. The maximum atomic E-state index is 10.7. The zero-order valence-electron chi connectivity index (χ0n) is 9.07. The van der Waals surface area contributed by atoms with Crippen LogP contribution in [0.5, 0.6) is 0 Å². The number of rotatable bonds is 3. The molecule has 15 heavy (non-hydrogen) atoms. The van der Waals surface area contributed by atoms with Crippen molar-refractivity contribution in [3.63, 3.8) is 0 Å². The quantitative estimate of drug-likeness (QED) is 0.504. The van der Waals surface area contributed by atoms with Crippen LogP contribution in [0.3, 0.4) is 0 Å². The van der Waals surface area contributed by atoms with Crippen LogP contribution in [0.2, 0.25) is 0 Å². The van der Waals surface area contributed by atoms with Crippen LogP contribution < -0.4 is 34.9 Å². The van der Waals surface area contributed by atoms with Crippen molar-refractivity contribution < 1.29 is 42.5 Å². The average molecular weight is 237 g/mol. The van der Waals surface area contributed by atoms with E-state index in [9.17, 15) is 13.0 Å². The van der Waals surface area contributed by atoms with Gasteiger partial charge in [0, 0.05) is 12.2 Å². The zero-order valence-corrected chi connectivity index (χ0v) is 11.9. The number of hydrogen-bond donors (Lipinski definition) is 1. The molecular formula is C9H12NNaO3S. The van der Waals surface area contributed by atoms with Gasteiger partial charge in [0.05, 0.1) is 4.90 Å². The second kappa shape index (κ2) is 5.86. The number of hydrogen-bond acceptors (Lipinski definition) is 4. The molecule has 0 aliphatic carbocycles. The maximum Gasteiger partial charge on any atom is 1.00 e. The molecule has 0 saturated carbocycles. The predicted molar refractivity (Wildman–Crippen MR) is 53.3 cm³/mol. The van der Waals surface area contributed by atoms with Gasteiger partial charge >= 0.3 is 29.6 Å². The Kier molecular flexibility index (Phi) is 5.84. The molecule has 1 rings (SSSR count). The Hall–Kier alpha value is -0.0700. The molecule has 0 aromatic heterocycles.